The Morgan fingerprint density at radius 2 is 1.43 bits per heavy atom. The number of hydrogen-bond donors (Lipinski definition) is 1. The van der Waals surface area contributed by atoms with E-state index >= 15 is 0 Å². The van der Waals surface area contributed by atoms with Gasteiger partial charge in [0.1, 0.15) is 18.8 Å². The fourth-order valence-electron chi connectivity index (χ4n) is 3.29. The molecule has 1 N–H and O–H groups in total. The number of ether oxygens (including phenoxy) is 5. The van der Waals surface area contributed by atoms with E-state index in [1.54, 1.807) is 0 Å². The van der Waals surface area contributed by atoms with Gasteiger partial charge >= 0.3 is 23.9 Å². The average molecular weight is 496 g/mol. The average Bonchev–Trinajstić information content (AvgIpc) is 2.75. The number of nitro benzene ring substituents is 1. The predicted molar refractivity (Wildman–Crippen MR) is 113 cm³/mol. The van der Waals surface area contributed by atoms with Crippen molar-refractivity contribution in [2.24, 2.45) is 0 Å². The van der Waals surface area contributed by atoms with Gasteiger partial charge in [-0.2, -0.15) is 0 Å². The van der Waals surface area contributed by atoms with Crippen molar-refractivity contribution in [1.29, 1.82) is 0 Å². The zero-order chi connectivity index (χ0) is 26.3. The minimum Gasteiger partial charge on any atom is -0.463 e. The Hall–Kier alpha value is -4.07. The van der Waals surface area contributed by atoms with E-state index in [1.165, 1.54) is 12.1 Å². The van der Waals surface area contributed by atoms with E-state index < -0.39 is 72.0 Å². The van der Waals surface area contributed by atoms with E-state index in [4.69, 9.17) is 23.7 Å². The molecule has 1 aliphatic heterocycles. The summed E-state index contributed by atoms with van der Waals surface area (Å²) >= 11 is 0. The van der Waals surface area contributed by atoms with Crippen LogP contribution < -0.4 is 5.32 Å². The highest BCUT2D eigenvalue weighted by Crippen LogP contribution is 2.28. The van der Waals surface area contributed by atoms with Crippen molar-refractivity contribution in [3.05, 3.63) is 39.9 Å². The number of esters is 4. The van der Waals surface area contributed by atoms with Crippen molar-refractivity contribution in [2.45, 2.75) is 58.3 Å². The smallest absolute Gasteiger partial charge is 0.305 e. The summed E-state index contributed by atoms with van der Waals surface area (Å²) in [5.41, 5.74) is -0.258. The first kappa shape index (κ1) is 27.2. The number of rotatable bonds is 8. The van der Waals surface area contributed by atoms with Gasteiger partial charge in [0.05, 0.1) is 4.92 Å². The highest BCUT2D eigenvalue weighted by molar-refractivity contribution is 5.94. The predicted octanol–water partition coefficient (Wildman–Crippen LogP) is 0.408. The quantitative estimate of drug-likeness (QED) is 0.226. The molecule has 35 heavy (non-hydrogen) atoms. The summed E-state index contributed by atoms with van der Waals surface area (Å²) in [6, 6.07) is 3.20. The first-order valence-corrected chi connectivity index (χ1v) is 10.2. The molecule has 0 aromatic heterocycles. The van der Waals surface area contributed by atoms with E-state index in [2.05, 4.69) is 5.32 Å². The van der Waals surface area contributed by atoms with Gasteiger partial charge < -0.3 is 29.0 Å². The molecule has 2 rings (SSSR count). The van der Waals surface area contributed by atoms with Crippen LogP contribution in [-0.2, 0) is 42.9 Å². The Balaban J connectivity index is 2.44. The molecule has 190 valence electrons. The van der Waals surface area contributed by atoms with Gasteiger partial charge in [0, 0.05) is 45.4 Å². The van der Waals surface area contributed by atoms with E-state index in [1.807, 2.05) is 0 Å². The summed E-state index contributed by atoms with van der Waals surface area (Å²) < 4.78 is 26.4. The van der Waals surface area contributed by atoms with Crippen molar-refractivity contribution in [1.82, 2.24) is 5.32 Å². The van der Waals surface area contributed by atoms with E-state index in [0.717, 1.165) is 39.8 Å². The lowest BCUT2D eigenvalue weighted by Gasteiger charge is -2.44. The van der Waals surface area contributed by atoms with Crippen LogP contribution in [0.4, 0.5) is 5.69 Å². The standard InChI is InChI=1S/C21H24N2O12/c1-10(24)31-9-16-18(32-11(2)25)19(33-12(3)26)17(21(35-16)34-13(4)27)22-20(28)14-5-7-15(8-6-14)23(29)30/h5-8,16-19,21H,9H2,1-4H3,(H,22,28)/t16-,17+,18-,19-,21+/m1/s1. The highest BCUT2D eigenvalue weighted by atomic mass is 16.7. The molecule has 5 atom stereocenters. The first-order chi connectivity index (χ1) is 16.4. The number of nitrogens with one attached hydrogen (secondary N) is 1. The van der Waals surface area contributed by atoms with E-state index in [-0.39, 0.29) is 11.3 Å². The molecule has 0 unspecified atom stereocenters. The van der Waals surface area contributed by atoms with Crippen LogP contribution in [0.5, 0.6) is 0 Å². The van der Waals surface area contributed by atoms with E-state index in [0.29, 0.717) is 0 Å². The van der Waals surface area contributed by atoms with Crippen molar-refractivity contribution < 1.29 is 52.6 Å². The molecule has 0 spiro atoms. The van der Waals surface area contributed by atoms with Gasteiger partial charge in [-0.15, -0.1) is 0 Å². The van der Waals surface area contributed by atoms with Crippen LogP contribution in [0.2, 0.25) is 0 Å². The van der Waals surface area contributed by atoms with Crippen molar-refractivity contribution >= 4 is 35.5 Å². The third-order valence-corrected chi connectivity index (χ3v) is 4.62. The van der Waals surface area contributed by atoms with Gasteiger partial charge in [-0.3, -0.25) is 34.1 Å². The molecule has 0 bridgehead atoms. The number of nitro groups is 1. The molecule has 14 heteroatoms. The van der Waals surface area contributed by atoms with Gasteiger partial charge in [0.15, 0.2) is 12.2 Å². The largest absolute Gasteiger partial charge is 0.463 e. The van der Waals surface area contributed by atoms with E-state index in [9.17, 15) is 34.1 Å². The number of carbonyl (C=O) groups excluding carboxylic acids is 5. The second-order valence-corrected chi connectivity index (χ2v) is 7.41. The Kier molecular flexibility index (Phi) is 9.22. The SMILES string of the molecule is CC(=O)OC[C@H]1O[C@H](OC(C)=O)[C@@H](NC(=O)c2ccc([N+](=O)[O-])cc2)[C@@H](OC(C)=O)[C@@H]1OC(C)=O. The number of amides is 1. The van der Waals surface area contributed by atoms with Crippen LogP contribution in [0.15, 0.2) is 24.3 Å². The lowest BCUT2D eigenvalue weighted by molar-refractivity contribution is -0.384. The maximum Gasteiger partial charge on any atom is 0.305 e. The van der Waals surface area contributed by atoms with Crippen LogP contribution in [-0.4, -0.2) is 72.0 Å². The molecule has 1 heterocycles. The number of benzene rings is 1. The number of non-ortho nitro benzene ring substituents is 1. The Bertz CT molecular complexity index is 993. The highest BCUT2D eigenvalue weighted by Gasteiger charge is 2.52. The fraction of sp³-hybridized carbons (Fsp3) is 0.476. The van der Waals surface area contributed by atoms with Crippen LogP contribution >= 0.6 is 0 Å². The minimum atomic E-state index is -1.55. The monoisotopic (exact) mass is 496 g/mol. The van der Waals surface area contributed by atoms with Gasteiger partial charge in [0.25, 0.3) is 11.6 Å². The fourth-order valence-corrected chi connectivity index (χ4v) is 3.29. The normalized spacial score (nSPS) is 23.4. The molecule has 0 saturated carbocycles. The Morgan fingerprint density at radius 3 is 1.91 bits per heavy atom. The summed E-state index contributed by atoms with van der Waals surface area (Å²) in [4.78, 5) is 69.8. The molecule has 1 fully saturated rings. The molecule has 1 aromatic carbocycles. The zero-order valence-electron chi connectivity index (χ0n) is 19.2. The van der Waals surface area contributed by atoms with Crippen LogP contribution in [0.25, 0.3) is 0 Å². The van der Waals surface area contributed by atoms with Gasteiger partial charge in [-0.25, -0.2) is 0 Å². The molecule has 0 aliphatic carbocycles. The third-order valence-electron chi connectivity index (χ3n) is 4.62. The summed E-state index contributed by atoms with van der Waals surface area (Å²) in [5, 5.41) is 13.4. The van der Waals surface area contributed by atoms with Crippen molar-refractivity contribution in [2.75, 3.05) is 6.61 Å². The Morgan fingerprint density at radius 1 is 0.886 bits per heavy atom. The zero-order valence-corrected chi connectivity index (χ0v) is 19.2. The summed E-state index contributed by atoms with van der Waals surface area (Å²) in [7, 11) is 0. The molecule has 1 aliphatic rings. The van der Waals surface area contributed by atoms with Crippen LogP contribution in [0.3, 0.4) is 0 Å². The first-order valence-electron chi connectivity index (χ1n) is 10.2. The third kappa shape index (κ3) is 7.74. The van der Waals surface area contributed by atoms with Crippen molar-refractivity contribution in [3.63, 3.8) is 0 Å². The maximum absolute atomic E-state index is 12.9. The molecular weight excluding hydrogens is 472 g/mol. The summed E-state index contributed by atoms with van der Waals surface area (Å²) in [6.07, 6.45) is -5.59. The minimum absolute atomic E-state index is 0.00942. The van der Waals surface area contributed by atoms with Gasteiger partial charge in [-0.1, -0.05) is 0 Å². The molecule has 1 saturated heterocycles. The molecular formula is C21H24N2O12. The maximum atomic E-state index is 12.9. The number of nitrogens with zero attached hydrogens (tertiary/aromatic N) is 1. The summed E-state index contributed by atoms with van der Waals surface area (Å²) in [6.45, 7) is 3.89. The second kappa shape index (κ2) is 11.9. The molecule has 1 aromatic rings. The van der Waals surface area contributed by atoms with Gasteiger partial charge in [0.2, 0.25) is 6.29 Å². The number of hydrogen-bond acceptors (Lipinski definition) is 12. The van der Waals surface area contributed by atoms with Crippen LogP contribution in [0.1, 0.15) is 38.1 Å². The molecule has 1 amide bonds. The van der Waals surface area contributed by atoms with Crippen LogP contribution in [0, 0.1) is 10.1 Å². The van der Waals surface area contributed by atoms with Crippen molar-refractivity contribution in [3.8, 4) is 0 Å². The number of carbonyl (C=O) groups is 5. The second-order valence-electron chi connectivity index (χ2n) is 7.41. The molecule has 14 nitrogen and oxygen atoms in total. The summed E-state index contributed by atoms with van der Waals surface area (Å²) in [5.74, 6) is -3.91. The lowest BCUT2D eigenvalue weighted by atomic mass is 9.95. The van der Waals surface area contributed by atoms with Gasteiger partial charge in [-0.05, 0) is 12.1 Å². The topological polar surface area (TPSA) is 187 Å². The molecule has 0 radical (unpaired) electrons. The lowest BCUT2D eigenvalue weighted by Crippen LogP contribution is -2.67. The Labute approximate surface area is 198 Å².